The van der Waals surface area contributed by atoms with Crippen molar-refractivity contribution in [3.05, 3.63) is 29.7 Å². The second-order valence-electron chi connectivity index (χ2n) is 3.64. The van der Waals surface area contributed by atoms with Crippen molar-refractivity contribution in [3.63, 3.8) is 0 Å². The van der Waals surface area contributed by atoms with Crippen LogP contribution < -0.4 is 10.5 Å². The first-order valence-corrected chi connectivity index (χ1v) is 4.97. The molecule has 0 spiro atoms. The highest BCUT2D eigenvalue weighted by Gasteiger charge is 2.11. The molecule has 2 N–H and O–H groups in total. The van der Waals surface area contributed by atoms with Gasteiger partial charge in [0.1, 0.15) is 17.3 Å². The Hall–Kier alpha value is -2.04. The van der Waals surface area contributed by atoms with Crippen LogP contribution in [0.25, 0.3) is 0 Å². The molecule has 2 aromatic heterocycles. The molecule has 0 atom stereocenters. The van der Waals surface area contributed by atoms with Gasteiger partial charge in [0, 0.05) is 19.3 Å². The minimum atomic E-state index is 0.441. The summed E-state index contributed by atoms with van der Waals surface area (Å²) in [5.41, 5.74) is 7.42. The molecule has 0 bridgehead atoms. The molecule has 0 saturated heterocycles. The van der Waals surface area contributed by atoms with Crippen molar-refractivity contribution in [2.24, 2.45) is 7.05 Å². The Morgan fingerprint density at radius 1 is 1.38 bits per heavy atom. The third-order valence-electron chi connectivity index (χ3n) is 2.42. The zero-order chi connectivity index (χ0) is 11.7. The van der Waals surface area contributed by atoms with E-state index in [1.807, 2.05) is 20.9 Å². The number of aromatic nitrogens is 3. The Bertz CT molecular complexity index is 519. The summed E-state index contributed by atoms with van der Waals surface area (Å²) < 4.78 is 7.53. The van der Waals surface area contributed by atoms with Crippen LogP contribution in [-0.2, 0) is 7.05 Å². The number of nitrogens with two attached hydrogens (primary N) is 1. The Morgan fingerprint density at radius 2 is 2.12 bits per heavy atom. The second-order valence-corrected chi connectivity index (χ2v) is 3.64. The van der Waals surface area contributed by atoms with E-state index in [-0.39, 0.29) is 0 Å². The van der Waals surface area contributed by atoms with Crippen molar-refractivity contribution in [2.75, 3.05) is 5.73 Å². The molecular formula is C11H14N4O. The molecule has 5 heteroatoms. The second kappa shape index (κ2) is 3.84. The van der Waals surface area contributed by atoms with E-state index in [9.17, 15) is 0 Å². The van der Waals surface area contributed by atoms with Crippen LogP contribution >= 0.6 is 0 Å². The Labute approximate surface area is 93.9 Å². The Kier molecular flexibility index (Phi) is 2.52. The van der Waals surface area contributed by atoms with Gasteiger partial charge in [-0.3, -0.25) is 4.68 Å². The number of pyridine rings is 1. The standard InChI is InChI=1S/C11H14N4O/c1-7-11(8(2)15(3)14-7)16-9-4-5-13-10(12)6-9/h4-6H,1-3H3,(H2,12,13). The molecule has 0 aromatic carbocycles. The van der Waals surface area contributed by atoms with Crippen molar-refractivity contribution in [1.82, 2.24) is 14.8 Å². The first kappa shape index (κ1) is 10.5. The molecule has 2 rings (SSSR count). The average Bonchev–Trinajstić information content (AvgIpc) is 2.45. The number of hydrogen-bond acceptors (Lipinski definition) is 4. The SMILES string of the molecule is Cc1nn(C)c(C)c1Oc1ccnc(N)c1. The summed E-state index contributed by atoms with van der Waals surface area (Å²) in [4.78, 5) is 3.91. The van der Waals surface area contributed by atoms with Gasteiger partial charge in [0.2, 0.25) is 0 Å². The summed E-state index contributed by atoms with van der Waals surface area (Å²) in [7, 11) is 1.89. The highest BCUT2D eigenvalue weighted by atomic mass is 16.5. The molecule has 84 valence electrons. The number of ether oxygens (including phenoxy) is 1. The molecule has 16 heavy (non-hydrogen) atoms. The van der Waals surface area contributed by atoms with Gasteiger partial charge in [-0.2, -0.15) is 5.10 Å². The van der Waals surface area contributed by atoms with E-state index in [2.05, 4.69) is 10.1 Å². The normalized spacial score (nSPS) is 10.4. The van der Waals surface area contributed by atoms with Gasteiger partial charge in [-0.25, -0.2) is 4.98 Å². The van der Waals surface area contributed by atoms with Gasteiger partial charge >= 0.3 is 0 Å². The monoisotopic (exact) mass is 218 g/mol. The van der Waals surface area contributed by atoms with Crippen LogP contribution in [0.4, 0.5) is 5.82 Å². The van der Waals surface area contributed by atoms with Gasteiger partial charge in [-0.05, 0) is 19.9 Å². The number of nitrogen functional groups attached to an aromatic ring is 1. The van der Waals surface area contributed by atoms with Crippen molar-refractivity contribution < 1.29 is 4.74 Å². The van der Waals surface area contributed by atoms with Crippen LogP contribution in [0.15, 0.2) is 18.3 Å². The first-order valence-electron chi connectivity index (χ1n) is 4.97. The predicted molar refractivity (Wildman–Crippen MR) is 61.4 cm³/mol. The lowest BCUT2D eigenvalue weighted by molar-refractivity contribution is 0.474. The van der Waals surface area contributed by atoms with E-state index in [0.717, 1.165) is 17.1 Å². The average molecular weight is 218 g/mol. The van der Waals surface area contributed by atoms with E-state index in [4.69, 9.17) is 10.5 Å². The molecule has 2 heterocycles. The fourth-order valence-corrected chi connectivity index (χ4v) is 1.51. The van der Waals surface area contributed by atoms with Gasteiger partial charge < -0.3 is 10.5 Å². The lowest BCUT2D eigenvalue weighted by Gasteiger charge is -2.05. The summed E-state index contributed by atoms with van der Waals surface area (Å²) in [6, 6.07) is 3.45. The van der Waals surface area contributed by atoms with Gasteiger partial charge in [-0.1, -0.05) is 0 Å². The lowest BCUT2D eigenvalue weighted by atomic mass is 10.3. The summed E-state index contributed by atoms with van der Waals surface area (Å²) in [5.74, 6) is 1.89. The number of anilines is 1. The van der Waals surface area contributed by atoms with E-state index in [1.165, 1.54) is 0 Å². The molecule has 0 aliphatic carbocycles. The fourth-order valence-electron chi connectivity index (χ4n) is 1.51. The summed E-state index contributed by atoms with van der Waals surface area (Å²) in [6.45, 7) is 3.87. The molecule has 0 aliphatic heterocycles. The van der Waals surface area contributed by atoms with Crippen LogP contribution in [-0.4, -0.2) is 14.8 Å². The van der Waals surface area contributed by atoms with E-state index in [1.54, 1.807) is 23.0 Å². The fraction of sp³-hybridized carbons (Fsp3) is 0.273. The van der Waals surface area contributed by atoms with Crippen LogP contribution in [0.2, 0.25) is 0 Å². The first-order chi connectivity index (χ1) is 7.58. The van der Waals surface area contributed by atoms with Crippen molar-refractivity contribution in [2.45, 2.75) is 13.8 Å². The van der Waals surface area contributed by atoms with Crippen LogP contribution in [0.1, 0.15) is 11.4 Å². The maximum Gasteiger partial charge on any atom is 0.171 e. The quantitative estimate of drug-likeness (QED) is 0.834. The van der Waals surface area contributed by atoms with E-state index >= 15 is 0 Å². The molecule has 0 unspecified atom stereocenters. The largest absolute Gasteiger partial charge is 0.453 e. The van der Waals surface area contributed by atoms with Crippen LogP contribution in [0.3, 0.4) is 0 Å². The molecule has 0 amide bonds. The van der Waals surface area contributed by atoms with Crippen LogP contribution in [0.5, 0.6) is 11.5 Å². The molecule has 0 saturated carbocycles. The third kappa shape index (κ3) is 1.84. The summed E-state index contributed by atoms with van der Waals surface area (Å²) in [5, 5.41) is 4.27. The maximum absolute atomic E-state index is 5.74. The van der Waals surface area contributed by atoms with Crippen LogP contribution in [0, 0.1) is 13.8 Å². The van der Waals surface area contributed by atoms with Gasteiger partial charge in [0.25, 0.3) is 0 Å². The van der Waals surface area contributed by atoms with Gasteiger partial charge in [-0.15, -0.1) is 0 Å². The zero-order valence-electron chi connectivity index (χ0n) is 9.56. The molecule has 5 nitrogen and oxygen atoms in total. The zero-order valence-corrected chi connectivity index (χ0v) is 9.56. The smallest absolute Gasteiger partial charge is 0.171 e. The Balaban J connectivity index is 2.34. The maximum atomic E-state index is 5.74. The Morgan fingerprint density at radius 3 is 2.69 bits per heavy atom. The molecule has 0 fully saturated rings. The van der Waals surface area contributed by atoms with Gasteiger partial charge in [0.05, 0.1) is 5.69 Å². The topological polar surface area (TPSA) is 66.0 Å². The molecule has 2 aromatic rings. The van der Waals surface area contributed by atoms with Crippen molar-refractivity contribution in [3.8, 4) is 11.5 Å². The molecular weight excluding hydrogens is 204 g/mol. The highest BCUT2D eigenvalue weighted by Crippen LogP contribution is 2.28. The van der Waals surface area contributed by atoms with Gasteiger partial charge in [0.15, 0.2) is 5.75 Å². The third-order valence-corrected chi connectivity index (χ3v) is 2.42. The predicted octanol–water partition coefficient (Wildman–Crippen LogP) is 1.81. The minimum Gasteiger partial charge on any atom is -0.453 e. The van der Waals surface area contributed by atoms with Crippen molar-refractivity contribution in [1.29, 1.82) is 0 Å². The van der Waals surface area contributed by atoms with Crippen molar-refractivity contribution >= 4 is 5.82 Å². The number of rotatable bonds is 2. The molecule has 0 radical (unpaired) electrons. The minimum absolute atomic E-state index is 0.441. The number of nitrogens with zero attached hydrogens (tertiary/aromatic N) is 3. The van der Waals surface area contributed by atoms with E-state index < -0.39 is 0 Å². The lowest BCUT2D eigenvalue weighted by Crippen LogP contribution is -1.94. The summed E-state index contributed by atoms with van der Waals surface area (Å²) >= 11 is 0. The number of hydrogen-bond donors (Lipinski definition) is 1. The summed E-state index contributed by atoms with van der Waals surface area (Å²) in [6.07, 6.45) is 1.62. The molecule has 0 aliphatic rings. The highest BCUT2D eigenvalue weighted by molar-refractivity contribution is 5.41. The van der Waals surface area contributed by atoms with E-state index in [0.29, 0.717) is 11.6 Å². The number of aryl methyl sites for hydroxylation is 2.